The highest BCUT2D eigenvalue weighted by atomic mass is 35.5. The van der Waals surface area contributed by atoms with Gasteiger partial charge in [-0.25, -0.2) is 13.8 Å². The van der Waals surface area contributed by atoms with Crippen LogP contribution in [0.2, 0.25) is 5.15 Å². The average Bonchev–Trinajstić information content (AvgIpc) is 2.15. The van der Waals surface area contributed by atoms with Gasteiger partial charge in [-0.15, -0.1) is 0 Å². The van der Waals surface area contributed by atoms with E-state index in [-0.39, 0.29) is 0 Å². The van der Waals surface area contributed by atoms with Gasteiger partial charge in [0, 0.05) is 6.07 Å². The molecule has 0 radical (unpaired) electrons. The molecular formula is C7H2Cl2F2N2O3. The van der Waals surface area contributed by atoms with Crippen LogP contribution < -0.4 is 0 Å². The minimum absolute atomic E-state index is 0.487. The summed E-state index contributed by atoms with van der Waals surface area (Å²) in [4.78, 5) is 23.2. The first kappa shape index (κ1) is 12.7. The number of pyridine rings is 1. The quantitative estimate of drug-likeness (QED) is 0.366. The van der Waals surface area contributed by atoms with E-state index in [0.29, 0.717) is 6.07 Å². The van der Waals surface area contributed by atoms with Gasteiger partial charge >= 0.3 is 0 Å². The molecule has 1 aromatic heterocycles. The third kappa shape index (κ3) is 2.42. The molecule has 0 saturated carbocycles. The molecule has 0 fully saturated rings. The molecular weight excluding hydrogens is 269 g/mol. The van der Waals surface area contributed by atoms with Crippen LogP contribution in [0.5, 0.6) is 0 Å². The SMILES string of the molecule is O=C(Cl)c1cc([N+](=O)[O-])c(C(F)F)nc1Cl. The third-order valence-corrected chi connectivity index (χ3v) is 2.09. The Labute approximate surface area is 97.1 Å². The van der Waals surface area contributed by atoms with Crippen molar-refractivity contribution in [3.05, 3.63) is 32.6 Å². The van der Waals surface area contributed by atoms with E-state index in [4.69, 9.17) is 23.2 Å². The average molecular weight is 271 g/mol. The normalized spacial score (nSPS) is 10.6. The Kier molecular flexibility index (Phi) is 3.71. The number of carbonyl (C=O) groups is 1. The third-order valence-electron chi connectivity index (χ3n) is 1.60. The Morgan fingerprint density at radius 2 is 2.12 bits per heavy atom. The molecule has 0 atom stereocenters. The Morgan fingerprint density at radius 1 is 1.56 bits per heavy atom. The van der Waals surface area contributed by atoms with Crippen LogP contribution in [0.4, 0.5) is 14.5 Å². The number of hydrogen-bond donors (Lipinski definition) is 0. The fourth-order valence-electron chi connectivity index (χ4n) is 0.938. The van der Waals surface area contributed by atoms with Gasteiger partial charge in [-0.2, -0.15) is 0 Å². The predicted octanol–water partition coefficient (Wildman–Crippen LogP) is 2.96. The fourth-order valence-corrected chi connectivity index (χ4v) is 1.36. The van der Waals surface area contributed by atoms with Crippen molar-refractivity contribution in [1.29, 1.82) is 0 Å². The lowest BCUT2D eigenvalue weighted by molar-refractivity contribution is -0.386. The first-order valence-corrected chi connectivity index (χ1v) is 4.43. The molecule has 0 aliphatic heterocycles. The predicted molar refractivity (Wildman–Crippen MR) is 51.0 cm³/mol. The van der Waals surface area contributed by atoms with Gasteiger partial charge in [-0.3, -0.25) is 14.9 Å². The Hall–Kier alpha value is -1.34. The van der Waals surface area contributed by atoms with Gasteiger partial charge in [-0.1, -0.05) is 11.6 Å². The van der Waals surface area contributed by atoms with Crippen LogP contribution in [-0.2, 0) is 0 Å². The van der Waals surface area contributed by atoms with E-state index in [2.05, 4.69) is 4.98 Å². The largest absolute Gasteiger partial charge is 0.297 e. The van der Waals surface area contributed by atoms with Crippen LogP contribution in [-0.4, -0.2) is 15.1 Å². The maximum Gasteiger partial charge on any atom is 0.297 e. The maximum atomic E-state index is 12.4. The van der Waals surface area contributed by atoms with E-state index >= 15 is 0 Å². The van der Waals surface area contributed by atoms with Crippen molar-refractivity contribution in [2.24, 2.45) is 0 Å². The minimum Gasteiger partial charge on any atom is -0.275 e. The summed E-state index contributed by atoms with van der Waals surface area (Å²) in [5.74, 6) is 0. The van der Waals surface area contributed by atoms with E-state index in [1.165, 1.54) is 0 Å². The zero-order valence-corrected chi connectivity index (χ0v) is 8.80. The van der Waals surface area contributed by atoms with Gasteiger partial charge in [0.25, 0.3) is 17.4 Å². The van der Waals surface area contributed by atoms with Gasteiger partial charge in [-0.05, 0) is 11.6 Å². The lowest BCUT2D eigenvalue weighted by atomic mass is 10.2. The first-order chi connectivity index (χ1) is 7.34. The summed E-state index contributed by atoms with van der Waals surface area (Å²) in [6, 6.07) is 0.576. The molecule has 1 rings (SSSR count). The summed E-state index contributed by atoms with van der Waals surface area (Å²) < 4.78 is 24.7. The summed E-state index contributed by atoms with van der Waals surface area (Å²) in [5.41, 5.74) is -2.58. The van der Waals surface area contributed by atoms with Crippen molar-refractivity contribution in [2.75, 3.05) is 0 Å². The van der Waals surface area contributed by atoms with E-state index < -0.39 is 38.7 Å². The Morgan fingerprint density at radius 3 is 2.50 bits per heavy atom. The van der Waals surface area contributed by atoms with Crippen LogP contribution in [0.25, 0.3) is 0 Å². The number of nitrogens with zero attached hydrogens (tertiary/aromatic N) is 2. The summed E-state index contributed by atoms with van der Waals surface area (Å²) in [6.45, 7) is 0. The Bertz CT molecular complexity index is 467. The van der Waals surface area contributed by atoms with Gasteiger partial charge < -0.3 is 0 Å². The number of hydrogen-bond acceptors (Lipinski definition) is 4. The molecule has 0 saturated heterocycles. The van der Waals surface area contributed by atoms with Gasteiger partial charge in [0.2, 0.25) is 0 Å². The summed E-state index contributed by atoms with van der Waals surface area (Å²) >= 11 is 10.4. The monoisotopic (exact) mass is 270 g/mol. The smallest absolute Gasteiger partial charge is 0.275 e. The molecule has 1 aromatic rings. The molecule has 16 heavy (non-hydrogen) atoms. The van der Waals surface area contributed by atoms with E-state index in [0.717, 1.165) is 0 Å². The Balaban J connectivity index is 3.49. The molecule has 0 aliphatic carbocycles. The first-order valence-electron chi connectivity index (χ1n) is 3.67. The number of alkyl halides is 2. The molecule has 0 bridgehead atoms. The molecule has 0 aromatic carbocycles. The van der Waals surface area contributed by atoms with Crippen molar-refractivity contribution in [1.82, 2.24) is 4.98 Å². The molecule has 1 heterocycles. The van der Waals surface area contributed by atoms with Crippen LogP contribution >= 0.6 is 23.2 Å². The molecule has 9 heteroatoms. The van der Waals surface area contributed by atoms with Crippen molar-refractivity contribution in [3.8, 4) is 0 Å². The van der Waals surface area contributed by atoms with Crippen LogP contribution in [0, 0.1) is 10.1 Å². The van der Waals surface area contributed by atoms with Crippen molar-refractivity contribution < 1.29 is 18.5 Å². The number of aromatic nitrogens is 1. The summed E-state index contributed by atoms with van der Waals surface area (Å²) in [7, 11) is 0. The molecule has 0 amide bonds. The molecule has 0 spiro atoms. The number of nitro groups is 1. The molecule has 86 valence electrons. The van der Waals surface area contributed by atoms with Crippen molar-refractivity contribution in [3.63, 3.8) is 0 Å². The highest BCUT2D eigenvalue weighted by Gasteiger charge is 2.27. The van der Waals surface area contributed by atoms with Crippen LogP contribution in [0.3, 0.4) is 0 Å². The minimum atomic E-state index is -3.17. The van der Waals surface area contributed by atoms with Crippen molar-refractivity contribution >= 4 is 34.1 Å². The number of carbonyl (C=O) groups excluding carboxylic acids is 1. The van der Waals surface area contributed by atoms with E-state index in [1.54, 1.807) is 0 Å². The zero-order valence-electron chi connectivity index (χ0n) is 7.29. The second-order valence-corrected chi connectivity index (χ2v) is 3.26. The van der Waals surface area contributed by atoms with E-state index in [1.807, 2.05) is 0 Å². The molecule has 5 nitrogen and oxygen atoms in total. The summed E-state index contributed by atoms with van der Waals surface area (Å²) in [5, 5.41) is 8.74. The van der Waals surface area contributed by atoms with Gasteiger partial charge in [0.15, 0.2) is 5.69 Å². The second kappa shape index (κ2) is 4.67. The lowest BCUT2D eigenvalue weighted by Gasteiger charge is -2.03. The van der Waals surface area contributed by atoms with Crippen LogP contribution in [0.15, 0.2) is 6.07 Å². The van der Waals surface area contributed by atoms with E-state index in [9.17, 15) is 23.7 Å². The molecule has 0 N–H and O–H groups in total. The second-order valence-electron chi connectivity index (χ2n) is 2.56. The highest BCUT2D eigenvalue weighted by molar-refractivity contribution is 6.68. The highest BCUT2D eigenvalue weighted by Crippen LogP contribution is 2.31. The summed E-state index contributed by atoms with van der Waals surface area (Å²) in [6.07, 6.45) is -3.17. The standard InChI is InChI=1S/C7H2Cl2F2N2O3/c8-5-2(6(9)14)1-3(13(15)16)4(12-5)7(10)11/h1,7H. The molecule has 0 aliphatic rings. The molecule has 0 unspecified atom stereocenters. The van der Waals surface area contributed by atoms with Gasteiger partial charge in [0.05, 0.1) is 10.5 Å². The zero-order chi connectivity index (χ0) is 12.5. The maximum absolute atomic E-state index is 12.4. The topological polar surface area (TPSA) is 73.1 Å². The fraction of sp³-hybridized carbons (Fsp3) is 0.143. The lowest BCUT2D eigenvalue weighted by Crippen LogP contribution is -2.03. The van der Waals surface area contributed by atoms with Gasteiger partial charge in [0.1, 0.15) is 5.15 Å². The number of rotatable bonds is 3. The number of halogens is 4. The van der Waals surface area contributed by atoms with Crippen LogP contribution in [0.1, 0.15) is 22.5 Å². The van der Waals surface area contributed by atoms with Crippen molar-refractivity contribution in [2.45, 2.75) is 6.43 Å².